The van der Waals surface area contributed by atoms with Crippen molar-refractivity contribution in [1.29, 1.82) is 0 Å². The van der Waals surface area contributed by atoms with Crippen molar-refractivity contribution >= 4 is 22.6 Å². The molecule has 5 nitrogen and oxygen atoms in total. The van der Waals surface area contributed by atoms with Crippen LogP contribution in [0.3, 0.4) is 0 Å². The molecule has 0 spiro atoms. The largest absolute Gasteiger partial charge is 0.387 e. The van der Waals surface area contributed by atoms with Gasteiger partial charge < -0.3 is 15.0 Å². The molecule has 3 aromatic rings. The zero-order valence-corrected chi connectivity index (χ0v) is 11.6. The second-order valence-electron chi connectivity index (χ2n) is 4.77. The highest BCUT2D eigenvalue weighted by Gasteiger charge is 2.09. The van der Waals surface area contributed by atoms with Crippen molar-refractivity contribution in [2.75, 3.05) is 11.9 Å². The van der Waals surface area contributed by atoms with E-state index in [-0.39, 0.29) is 0 Å². The van der Waals surface area contributed by atoms with E-state index < -0.39 is 12.5 Å². The van der Waals surface area contributed by atoms with Gasteiger partial charge in [-0.3, -0.25) is 4.79 Å². The Morgan fingerprint density at radius 3 is 2.57 bits per heavy atom. The summed E-state index contributed by atoms with van der Waals surface area (Å²) in [5.74, 6) is 0.446. The highest BCUT2D eigenvalue weighted by atomic mass is 16.3. The minimum absolute atomic E-state index is 0.425. The molecule has 0 saturated heterocycles. The molecule has 3 rings (SSSR count). The first-order chi connectivity index (χ1) is 10.2. The van der Waals surface area contributed by atoms with E-state index >= 15 is 0 Å². The molecule has 2 N–H and O–H groups in total. The van der Waals surface area contributed by atoms with E-state index in [0.29, 0.717) is 5.69 Å². The number of nitrogens with zero attached hydrogens (tertiary/aromatic N) is 2. The van der Waals surface area contributed by atoms with E-state index in [9.17, 15) is 4.79 Å². The van der Waals surface area contributed by atoms with E-state index in [0.717, 1.165) is 22.4 Å². The van der Waals surface area contributed by atoms with Crippen molar-refractivity contribution in [3.63, 3.8) is 0 Å². The maximum absolute atomic E-state index is 11.1. The van der Waals surface area contributed by atoms with Crippen LogP contribution >= 0.6 is 0 Å². The predicted octanol–water partition coefficient (Wildman–Crippen LogP) is 2.17. The lowest BCUT2D eigenvalue weighted by atomic mass is 10.2. The molecule has 0 aliphatic carbocycles. The molecule has 0 unspecified atom stereocenters. The van der Waals surface area contributed by atoms with Crippen LogP contribution in [0.2, 0.25) is 0 Å². The number of carbonyl (C=O) groups is 1. The second kappa shape index (κ2) is 5.38. The molecule has 0 radical (unpaired) electrons. The number of benzene rings is 2. The normalized spacial score (nSPS) is 10.8. The zero-order chi connectivity index (χ0) is 14.8. The molecular weight excluding hydrogens is 266 g/mol. The Labute approximate surface area is 121 Å². The van der Waals surface area contributed by atoms with Gasteiger partial charge in [0.2, 0.25) is 5.91 Å². The molecule has 1 amide bonds. The van der Waals surface area contributed by atoms with Gasteiger partial charge in [0.05, 0.1) is 11.0 Å². The molecule has 0 aliphatic rings. The Hall–Kier alpha value is -2.66. The quantitative estimate of drug-likeness (QED) is 0.773. The summed E-state index contributed by atoms with van der Waals surface area (Å²) >= 11 is 0. The number of fused-ring (bicyclic) bond motifs is 1. The van der Waals surface area contributed by atoms with Gasteiger partial charge in [-0.25, -0.2) is 4.98 Å². The van der Waals surface area contributed by atoms with Crippen LogP contribution < -0.4 is 5.32 Å². The summed E-state index contributed by atoms with van der Waals surface area (Å²) in [6, 6.07) is 15.3. The van der Waals surface area contributed by atoms with Crippen LogP contribution in [0.4, 0.5) is 5.69 Å². The number of hydrogen-bond acceptors (Lipinski definition) is 3. The Morgan fingerprint density at radius 1 is 1.19 bits per heavy atom. The first-order valence-electron chi connectivity index (χ1n) is 6.61. The van der Waals surface area contributed by atoms with Crippen molar-refractivity contribution in [1.82, 2.24) is 9.55 Å². The third-order valence-corrected chi connectivity index (χ3v) is 3.36. The summed E-state index contributed by atoms with van der Waals surface area (Å²) in [7, 11) is 1.98. The van der Waals surface area contributed by atoms with Crippen LogP contribution in [0.15, 0.2) is 48.5 Å². The van der Waals surface area contributed by atoms with Crippen molar-refractivity contribution in [2.45, 2.75) is 0 Å². The smallest absolute Gasteiger partial charge is 0.250 e. The van der Waals surface area contributed by atoms with Crippen LogP contribution in [-0.4, -0.2) is 27.2 Å². The SMILES string of the molecule is Cn1c(-c2ccc(NC(=O)CO)cc2)nc2ccccc21. The first-order valence-corrected chi connectivity index (χ1v) is 6.61. The number of aliphatic hydroxyl groups is 1. The first kappa shape index (κ1) is 13.3. The van der Waals surface area contributed by atoms with E-state index in [4.69, 9.17) is 5.11 Å². The minimum Gasteiger partial charge on any atom is -0.387 e. The molecule has 106 valence electrons. The fraction of sp³-hybridized carbons (Fsp3) is 0.125. The van der Waals surface area contributed by atoms with Crippen molar-refractivity contribution in [2.24, 2.45) is 7.05 Å². The number of anilines is 1. The van der Waals surface area contributed by atoms with Crippen molar-refractivity contribution in [3.05, 3.63) is 48.5 Å². The summed E-state index contributed by atoms with van der Waals surface area (Å²) in [4.78, 5) is 15.8. The van der Waals surface area contributed by atoms with Gasteiger partial charge in [0.25, 0.3) is 0 Å². The number of para-hydroxylation sites is 2. The van der Waals surface area contributed by atoms with Gasteiger partial charge in [0.15, 0.2) is 0 Å². The number of amides is 1. The van der Waals surface area contributed by atoms with Crippen molar-refractivity contribution in [3.8, 4) is 11.4 Å². The number of nitrogens with one attached hydrogen (secondary N) is 1. The summed E-state index contributed by atoms with van der Waals surface area (Å²) in [6.45, 7) is -0.521. The number of aliphatic hydroxyl groups excluding tert-OH is 1. The van der Waals surface area contributed by atoms with Gasteiger partial charge in [-0.2, -0.15) is 0 Å². The lowest BCUT2D eigenvalue weighted by Gasteiger charge is -2.05. The Kier molecular flexibility index (Phi) is 3.41. The lowest BCUT2D eigenvalue weighted by Crippen LogP contribution is -2.15. The van der Waals surface area contributed by atoms with Gasteiger partial charge in [0, 0.05) is 18.3 Å². The molecule has 0 atom stereocenters. The average Bonchev–Trinajstić information content (AvgIpc) is 2.85. The highest BCUT2D eigenvalue weighted by Crippen LogP contribution is 2.24. The maximum Gasteiger partial charge on any atom is 0.250 e. The van der Waals surface area contributed by atoms with Crippen molar-refractivity contribution < 1.29 is 9.90 Å². The Balaban J connectivity index is 1.95. The number of aryl methyl sites for hydroxylation is 1. The summed E-state index contributed by atoms with van der Waals surface area (Å²) < 4.78 is 2.04. The molecule has 0 bridgehead atoms. The zero-order valence-electron chi connectivity index (χ0n) is 11.6. The highest BCUT2D eigenvalue weighted by molar-refractivity contribution is 5.91. The molecule has 1 heterocycles. The van der Waals surface area contributed by atoms with E-state index in [2.05, 4.69) is 10.3 Å². The molecule has 0 saturated carbocycles. The van der Waals surface area contributed by atoms with E-state index in [1.165, 1.54) is 0 Å². The van der Waals surface area contributed by atoms with Crippen LogP contribution in [0.1, 0.15) is 0 Å². The third-order valence-electron chi connectivity index (χ3n) is 3.36. The van der Waals surface area contributed by atoms with Crippen LogP contribution in [-0.2, 0) is 11.8 Å². The van der Waals surface area contributed by atoms with Crippen LogP contribution in [0, 0.1) is 0 Å². The Morgan fingerprint density at radius 2 is 1.90 bits per heavy atom. The van der Waals surface area contributed by atoms with Gasteiger partial charge in [-0.15, -0.1) is 0 Å². The summed E-state index contributed by atoms with van der Waals surface area (Å²) in [6.07, 6.45) is 0. The average molecular weight is 281 g/mol. The number of imidazole rings is 1. The third kappa shape index (κ3) is 2.51. The number of aromatic nitrogens is 2. The fourth-order valence-corrected chi connectivity index (χ4v) is 2.31. The predicted molar refractivity (Wildman–Crippen MR) is 81.9 cm³/mol. The monoisotopic (exact) mass is 281 g/mol. The standard InChI is InChI=1S/C16H15N3O2/c1-19-14-5-3-2-4-13(14)18-16(19)11-6-8-12(9-7-11)17-15(21)10-20/h2-9,20H,10H2,1H3,(H,17,21). The molecule has 5 heteroatoms. The fourth-order valence-electron chi connectivity index (χ4n) is 2.31. The maximum atomic E-state index is 11.1. The molecular formula is C16H15N3O2. The topological polar surface area (TPSA) is 67.2 Å². The summed E-state index contributed by atoms with van der Waals surface area (Å²) in [5.41, 5.74) is 3.64. The van der Waals surface area contributed by atoms with Gasteiger partial charge in [-0.05, 0) is 36.4 Å². The second-order valence-corrected chi connectivity index (χ2v) is 4.77. The minimum atomic E-state index is -0.521. The van der Waals surface area contributed by atoms with E-state index in [1.54, 1.807) is 12.1 Å². The molecule has 21 heavy (non-hydrogen) atoms. The van der Waals surface area contributed by atoms with Gasteiger partial charge in [-0.1, -0.05) is 12.1 Å². The van der Waals surface area contributed by atoms with Gasteiger partial charge >= 0.3 is 0 Å². The van der Waals surface area contributed by atoms with Gasteiger partial charge in [0.1, 0.15) is 12.4 Å². The number of hydrogen-bond donors (Lipinski definition) is 2. The molecule has 0 aliphatic heterocycles. The Bertz CT molecular complexity index is 791. The molecule has 2 aromatic carbocycles. The molecule has 1 aromatic heterocycles. The van der Waals surface area contributed by atoms with Crippen LogP contribution in [0.25, 0.3) is 22.4 Å². The molecule has 0 fully saturated rings. The number of rotatable bonds is 3. The number of carbonyl (C=O) groups excluding carboxylic acids is 1. The van der Waals surface area contributed by atoms with Crippen LogP contribution in [0.5, 0.6) is 0 Å². The lowest BCUT2D eigenvalue weighted by molar-refractivity contribution is -0.118. The summed E-state index contributed by atoms with van der Waals surface area (Å²) in [5, 5.41) is 11.3. The van der Waals surface area contributed by atoms with E-state index in [1.807, 2.05) is 48.0 Å².